The molecule has 5 nitrogen and oxygen atoms in total. The molecule has 2 heterocycles. The fourth-order valence-electron chi connectivity index (χ4n) is 2.02. The van der Waals surface area contributed by atoms with Crippen LogP contribution in [0.15, 0.2) is 16.9 Å². The maximum absolute atomic E-state index is 14.3. The molecule has 0 spiro atoms. The standard InChI is InChI=1S/C11H6BrF9N4O/c1-24-7(25-3-4(12)2-22-25)5(26-8(13)14)6(23-24)9(15,10(16,17)18)11(19,20)21/h2-3,8H,1H3. The Morgan fingerprint density at radius 3 is 2.00 bits per heavy atom. The van der Waals surface area contributed by atoms with Gasteiger partial charge in [-0.05, 0) is 15.9 Å². The molecule has 0 amide bonds. The zero-order valence-electron chi connectivity index (χ0n) is 12.2. The fourth-order valence-corrected chi connectivity index (χ4v) is 2.30. The molecule has 2 aromatic rings. The molecule has 0 bridgehead atoms. The molecular formula is C11H6BrF9N4O. The normalized spacial score (nSPS) is 13.5. The second-order valence-corrected chi connectivity index (χ2v) is 5.68. The van der Waals surface area contributed by atoms with E-state index < -0.39 is 41.9 Å². The molecule has 0 saturated heterocycles. The van der Waals surface area contributed by atoms with Gasteiger partial charge in [-0.1, -0.05) is 0 Å². The Kier molecular flexibility index (Phi) is 4.98. The van der Waals surface area contributed by atoms with Gasteiger partial charge in [0.25, 0.3) is 0 Å². The first-order chi connectivity index (χ1) is 11.7. The number of aryl methyl sites for hydroxylation is 1. The molecule has 15 heteroatoms. The first-order valence-corrected chi connectivity index (χ1v) is 7.04. The van der Waals surface area contributed by atoms with Crippen molar-refractivity contribution in [1.29, 1.82) is 0 Å². The fraction of sp³-hybridized carbons (Fsp3) is 0.455. The Labute approximate surface area is 146 Å². The Balaban J connectivity index is 2.84. The molecule has 0 N–H and O–H groups in total. The monoisotopic (exact) mass is 460 g/mol. The van der Waals surface area contributed by atoms with Crippen molar-refractivity contribution in [2.75, 3.05) is 0 Å². The molecule has 0 aliphatic carbocycles. The van der Waals surface area contributed by atoms with Crippen molar-refractivity contribution in [1.82, 2.24) is 19.6 Å². The predicted octanol–water partition coefficient (Wildman–Crippen LogP) is 4.26. The first-order valence-electron chi connectivity index (χ1n) is 6.25. The third-order valence-electron chi connectivity index (χ3n) is 3.06. The second kappa shape index (κ2) is 6.35. The van der Waals surface area contributed by atoms with Gasteiger partial charge in [-0.25, -0.2) is 13.8 Å². The molecule has 0 aromatic carbocycles. The highest BCUT2D eigenvalue weighted by atomic mass is 79.9. The minimum Gasteiger partial charge on any atom is -0.429 e. The van der Waals surface area contributed by atoms with Gasteiger partial charge in [0.2, 0.25) is 0 Å². The van der Waals surface area contributed by atoms with Gasteiger partial charge in [-0.15, -0.1) is 0 Å². The summed E-state index contributed by atoms with van der Waals surface area (Å²) < 4.78 is 122. The van der Waals surface area contributed by atoms with Gasteiger partial charge < -0.3 is 4.74 Å². The third-order valence-corrected chi connectivity index (χ3v) is 3.47. The van der Waals surface area contributed by atoms with Crippen molar-refractivity contribution in [3.05, 3.63) is 22.6 Å². The van der Waals surface area contributed by atoms with Gasteiger partial charge in [0.05, 0.1) is 10.7 Å². The topological polar surface area (TPSA) is 44.9 Å². The van der Waals surface area contributed by atoms with Crippen LogP contribution in [0, 0.1) is 0 Å². The summed E-state index contributed by atoms with van der Waals surface area (Å²) in [6.45, 7) is -3.86. The molecular weight excluding hydrogens is 455 g/mol. The van der Waals surface area contributed by atoms with Crippen LogP contribution in [-0.2, 0) is 12.7 Å². The smallest absolute Gasteiger partial charge is 0.429 e. The number of ether oxygens (including phenoxy) is 1. The quantitative estimate of drug-likeness (QED) is 0.640. The Bertz CT molecular complexity index is 781. The van der Waals surface area contributed by atoms with Crippen LogP contribution in [0.5, 0.6) is 5.75 Å². The van der Waals surface area contributed by atoms with Crippen LogP contribution in [-0.4, -0.2) is 38.5 Å². The number of halogens is 10. The summed E-state index contributed by atoms with van der Waals surface area (Å²) >= 11 is 2.90. The molecule has 0 saturated carbocycles. The SMILES string of the molecule is Cn1nc(C(F)(C(F)(F)F)C(F)(F)F)c(OC(F)F)c1-n1cc(Br)cn1. The lowest BCUT2D eigenvalue weighted by Crippen LogP contribution is -2.51. The maximum Gasteiger partial charge on any atom is 0.437 e. The van der Waals surface area contributed by atoms with E-state index in [4.69, 9.17) is 0 Å². The molecule has 0 radical (unpaired) electrons. The van der Waals surface area contributed by atoms with Crippen molar-refractivity contribution < 1.29 is 44.3 Å². The summed E-state index contributed by atoms with van der Waals surface area (Å²) in [6, 6.07) is 0. The molecule has 0 atom stereocenters. The van der Waals surface area contributed by atoms with Crippen LogP contribution in [0.4, 0.5) is 39.5 Å². The lowest BCUT2D eigenvalue weighted by Gasteiger charge is -2.28. The van der Waals surface area contributed by atoms with Gasteiger partial charge >= 0.3 is 24.6 Å². The second-order valence-electron chi connectivity index (χ2n) is 4.76. The lowest BCUT2D eigenvalue weighted by molar-refractivity contribution is -0.350. The third kappa shape index (κ3) is 3.23. The number of hydrogen-bond donors (Lipinski definition) is 0. The zero-order chi connectivity index (χ0) is 20.1. The van der Waals surface area contributed by atoms with E-state index in [1.807, 2.05) is 0 Å². The number of rotatable bonds is 4. The van der Waals surface area contributed by atoms with Crippen molar-refractivity contribution >= 4 is 15.9 Å². The van der Waals surface area contributed by atoms with E-state index in [-0.39, 0.29) is 4.47 Å². The molecule has 0 unspecified atom stereocenters. The number of nitrogens with zero attached hydrogens (tertiary/aromatic N) is 4. The van der Waals surface area contributed by atoms with Crippen molar-refractivity contribution in [3.8, 4) is 11.6 Å². The van der Waals surface area contributed by atoms with Gasteiger partial charge in [-0.2, -0.15) is 45.3 Å². The van der Waals surface area contributed by atoms with Gasteiger partial charge in [0.1, 0.15) is 0 Å². The number of alkyl halides is 9. The van der Waals surface area contributed by atoms with Crippen LogP contribution >= 0.6 is 15.9 Å². The molecule has 0 aliphatic rings. The minimum absolute atomic E-state index is 0.196. The molecule has 26 heavy (non-hydrogen) atoms. The Morgan fingerprint density at radius 2 is 1.62 bits per heavy atom. The lowest BCUT2D eigenvalue weighted by atomic mass is 9.99. The highest BCUT2D eigenvalue weighted by Crippen LogP contribution is 2.55. The Morgan fingerprint density at radius 1 is 1.08 bits per heavy atom. The molecule has 146 valence electrons. The summed E-state index contributed by atoms with van der Waals surface area (Å²) in [6.07, 6.45) is -11.1. The van der Waals surface area contributed by atoms with E-state index in [2.05, 4.69) is 30.9 Å². The Hall–Kier alpha value is -1.93. The van der Waals surface area contributed by atoms with Crippen LogP contribution in [0.3, 0.4) is 0 Å². The molecule has 0 aliphatic heterocycles. The van der Waals surface area contributed by atoms with Crippen molar-refractivity contribution in [2.24, 2.45) is 7.05 Å². The first kappa shape index (κ1) is 20.4. The summed E-state index contributed by atoms with van der Waals surface area (Å²) in [7, 11) is 0.805. The maximum atomic E-state index is 14.3. The summed E-state index contributed by atoms with van der Waals surface area (Å²) in [5, 5.41) is 6.36. The minimum atomic E-state index is -6.55. The van der Waals surface area contributed by atoms with Crippen LogP contribution < -0.4 is 4.74 Å². The van der Waals surface area contributed by atoms with E-state index in [1.54, 1.807) is 0 Å². The molecule has 0 fully saturated rings. The summed E-state index contributed by atoms with van der Waals surface area (Å²) in [5.41, 5.74) is -8.47. The summed E-state index contributed by atoms with van der Waals surface area (Å²) in [5.74, 6) is -2.63. The average molecular weight is 461 g/mol. The predicted molar refractivity (Wildman–Crippen MR) is 69.6 cm³/mol. The molecule has 2 aromatic heterocycles. The van der Waals surface area contributed by atoms with Gasteiger partial charge in [-0.3, -0.25) is 0 Å². The highest BCUT2D eigenvalue weighted by molar-refractivity contribution is 9.10. The van der Waals surface area contributed by atoms with E-state index in [0.29, 0.717) is 9.36 Å². The molecule has 2 rings (SSSR count). The summed E-state index contributed by atoms with van der Waals surface area (Å²) in [4.78, 5) is 0. The number of aromatic nitrogens is 4. The van der Waals surface area contributed by atoms with Crippen LogP contribution in [0.1, 0.15) is 5.69 Å². The average Bonchev–Trinajstić information content (AvgIpc) is 2.99. The van der Waals surface area contributed by atoms with Crippen molar-refractivity contribution in [2.45, 2.75) is 24.6 Å². The van der Waals surface area contributed by atoms with Crippen LogP contribution in [0.25, 0.3) is 5.82 Å². The van der Waals surface area contributed by atoms with E-state index >= 15 is 0 Å². The number of hydrogen-bond acceptors (Lipinski definition) is 3. The van der Waals surface area contributed by atoms with E-state index in [9.17, 15) is 39.5 Å². The van der Waals surface area contributed by atoms with Crippen LogP contribution in [0.2, 0.25) is 0 Å². The van der Waals surface area contributed by atoms with E-state index in [0.717, 1.165) is 19.4 Å². The van der Waals surface area contributed by atoms with Gasteiger partial charge in [0, 0.05) is 13.2 Å². The van der Waals surface area contributed by atoms with Gasteiger partial charge in [0.15, 0.2) is 17.3 Å². The van der Waals surface area contributed by atoms with Crippen molar-refractivity contribution in [3.63, 3.8) is 0 Å². The highest BCUT2D eigenvalue weighted by Gasteiger charge is 2.76. The largest absolute Gasteiger partial charge is 0.437 e. The zero-order valence-corrected chi connectivity index (χ0v) is 13.8. The van der Waals surface area contributed by atoms with E-state index in [1.165, 1.54) is 0 Å².